The molecule has 0 unspecified atom stereocenters. The van der Waals surface area contributed by atoms with Gasteiger partial charge in [-0.15, -0.1) is 0 Å². The zero-order chi connectivity index (χ0) is 16.1. The molecular formula is C17H19N3O2. The second-order valence-electron chi connectivity index (χ2n) is 4.88. The summed E-state index contributed by atoms with van der Waals surface area (Å²) in [5.74, 6) is 5.34. The number of hydrogen-bond acceptors (Lipinski definition) is 5. The third-order valence-electron chi connectivity index (χ3n) is 3.33. The molecule has 5 nitrogen and oxygen atoms in total. The van der Waals surface area contributed by atoms with Gasteiger partial charge >= 0.3 is 0 Å². The summed E-state index contributed by atoms with van der Waals surface area (Å²) < 4.78 is 0. The van der Waals surface area contributed by atoms with Crippen molar-refractivity contribution in [1.82, 2.24) is 5.32 Å². The molecule has 0 heterocycles. The number of benzene rings is 2. The molecule has 2 aromatic carbocycles. The van der Waals surface area contributed by atoms with Crippen LogP contribution in [0.1, 0.15) is 16.7 Å². The van der Waals surface area contributed by atoms with Gasteiger partial charge < -0.3 is 21.4 Å². The van der Waals surface area contributed by atoms with E-state index in [0.29, 0.717) is 16.8 Å². The smallest absolute Gasteiger partial charge is 0.128 e. The standard InChI is InChI=1S/C17H19N3O2/c1-11(13-5-3-12(4-6-13)10-19-2)17(20-18)15-8-7-14(21)9-16(15)22/h3-9,19,21-22H,1,10,18H2,2H3/b20-17+. The maximum absolute atomic E-state index is 9.96. The molecule has 5 heteroatoms. The Morgan fingerprint density at radius 3 is 2.41 bits per heavy atom. The van der Waals surface area contributed by atoms with Crippen molar-refractivity contribution in [3.05, 3.63) is 65.7 Å². The average molecular weight is 297 g/mol. The Morgan fingerprint density at radius 1 is 1.18 bits per heavy atom. The van der Waals surface area contributed by atoms with Gasteiger partial charge in [0.15, 0.2) is 0 Å². The summed E-state index contributed by atoms with van der Waals surface area (Å²) in [5, 5.41) is 26.2. The predicted octanol–water partition coefficient (Wildman–Crippen LogP) is 2.19. The Morgan fingerprint density at radius 2 is 1.86 bits per heavy atom. The van der Waals surface area contributed by atoms with Crippen molar-refractivity contribution in [2.45, 2.75) is 6.54 Å². The van der Waals surface area contributed by atoms with Crippen LogP contribution < -0.4 is 11.2 Å². The van der Waals surface area contributed by atoms with Crippen LogP contribution in [0.5, 0.6) is 11.5 Å². The van der Waals surface area contributed by atoms with Gasteiger partial charge in [0.2, 0.25) is 0 Å². The van der Waals surface area contributed by atoms with Crippen molar-refractivity contribution in [1.29, 1.82) is 0 Å². The maximum atomic E-state index is 9.96. The zero-order valence-corrected chi connectivity index (χ0v) is 12.4. The molecule has 114 valence electrons. The van der Waals surface area contributed by atoms with E-state index in [1.165, 1.54) is 12.1 Å². The maximum Gasteiger partial charge on any atom is 0.128 e. The summed E-state index contributed by atoms with van der Waals surface area (Å²) in [6, 6.07) is 12.1. The van der Waals surface area contributed by atoms with Crippen LogP contribution in [-0.4, -0.2) is 23.0 Å². The number of hydrazone groups is 1. The summed E-state index contributed by atoms with van der Waals surface area (Å²) in [4.78, 5) is 0. The third kappa shape index (κ3) is 3.27. The zero-order valence-electron chi connectivity index (χ0n) is 12.4. The molecule has 22 heavy (non-hydrogen) atoms. The highest BCUT2D eigenvalue weighted by molar-refractivity contribution is 6.32. The molecule has 0 atom stereocenters. The number of nitrogens with zero attached hydrogens (tertiary/aromatic N) is 1. The van der Waals surface area contributed by atoms with Crippen molar-refractivity contribution in [2.24, 2.45) is 10.9 Å². The Kier molecular flexibility index (Phi) is 4.80. The molecule has 0 aliphatic rings. The lowest BCUT2D eigenvalue weighted by molar-refractivity contribution is 0.450. The van der Waals surface area contributed by atoms with Crippen molar-refractivity contribution >= 4 is 11.3 Å². The quantitative estimate of drug-likeness (QED) is 0.387. The van der Waals surface area contributed by atoms with Crippen LogP contribution in [0.2, 0.25) is 0 Å². The third-order valence-corrected chi connectivity index (χ3v) is 3.33. The number of allylic oxidation sites excluding steroid dienone is 1. The molecule has 0 amide bonds. The van der Waals surface area contributed by atoms with Crippen LogP contribution in [0.15, 0.2) is 54.1 Å². The number of aromatic hydroxyl groups is 2. The molecule has 5 N–H and O–H groups in total. The molecule has 2 rings (SSSR count). The number of nitrogens with two attached hydrogens (primary N) is 1. The fraction of sp³-hybridized carbons (Fsp3) is 0.118. The van der Waals surface area contributed by atoms with E-state index in [4.69, 9.17) is 5.84 Å². The van der Waals surface area contributed by atoms with Crippen LogP contribution in [0.4, 0.5) is 0 Å². The molecule has 0 aromatic heterocycles. The molecule has 0 saturated heterocycles. The largest absolute Gasteiger partial charge is 0.508 e. The molecule has 0 saturated carbocycles. The van der Waals surface area contributed by atoms with Gasteiger partial charge in [-0.1, -0.05) is 30.8 Å². The molecule has 2 aromatic rings. The lowest BCUT2D eigenvalue weighted by Gasteiger charge is -2.12. The Labute approximate surface area is 129 Å². The van der Waals surface area contributed by atoms with E-state index in [0.717, 1.165) is 17.7 Å². The number of nitrogens with one attached hydrogen (secondary N) is 1. The van der Waals surface area contributed by atoms with Crippen molar-refractivity contribution < 1.29 is 10.2 Å². The minimum atomic E-state index is -0.0999. The summed E-state index contributed by atoms with van der Waals surface area (Å²) in [5.41, 5.74) is 3.40. The summed E-state index contributed by atoms with van der Waals surface area (Å²) in [6.45, 7) is 4.79. The van der Waals surface area contributed by atoms with Crippen molar-refractivity contribution in [3.8, 4) is 11.5 Å². The molecule has 0 bridgehead atoms. The van der Waals surface area contributed by atoms with E-state index >= 15 is 0 Å². The highest BCUT2D eigenvalue weighted by atomic mass is 16.3. The van der Waals surface area contributed by atoms with E-state index in [1.54, 1.807) is 6.07 Å². The minimum Gasteiger partial charge on any atom is -0.508 e. The predicted molar refractivity (Wildman–Crippen MR) is 88.7 cm³/mol. The first-order valence-corrected chi connectivity index (χ1v) is 6.80. The van der Waals surface area contributed by atoms with Gasteiger partial charge in [-0.2, -0.15) is 5.10 Å². The lowest BCUT2D eigenvalue weighted by atomic mass is 9.96. The van der Waals surface area contributed by atoms with E-state index in [1.807, 2.05) is 31.3 Å². The second-order valence-corrected chi connectivity index (χ2v) is 4.88. The molecule has 0 radical (unpaired) electrons. The Bertz CT molecular complexity index is 706. The van der Waals surface area contributed by atoms with Gasteiger partial charge in [0, 0.05) is 23.7 Å². The second kappa shape index (κ2) is 6.78. The first kappa shape index (κ1) is 15.6. The molecule has 0 aliphatic heterocycles. The minimum absolute atomic E-state index is 0.0281. The van der Waals surface area contributed by atoms with Crippen molar-refractivity contribution in [3.63, 3.8) is 0 Å². The number of hydrogen-bond donors (Lipinski definition) is 4. The fourth-order valence-corrected chi connectivity index (χ4v) is 2.19. The summed E-state index contributed by atoms with van der Waals surface area (Å²) in [6.07, 6.45) is 0. The SMILES string of the molecule is C=C(/C(=N\N)c1ccc(O)cc1O)c1ccc(CNC)cc1. The van der Waals surface area contributed by atoms with Crippen molar-refractivity contribution in [2.75, 3.05) is 7.05 Å². The van der Waals surface area contributed by atoms with E-state index < -0.39 is 0 Å². The van der Waals surface area contributed by atoms with Gasteiger partial charge in [0.1, 0.15) is 17.2 Å². The van der Waals surface area contributed by atoms with Crippen LogP contribution in [0.3, 0.4) is 0 Å². The number of phenolic OH excluding ortho intramolecular Hbond substituents is 2. The first-order valence-electron chi connectivity index (χ1n) is 6.80. The lowest BCUT2D eigenvalue weighted by Crippen LogP contribution is -2.08. The number of rotatable bonds is 5. The van der Waals surface area contributed by atoms with Crippen LogP contribution in [0, 0.1) is 0 Å². The van der Waals surface area contributed by atoms with Gasteiger partial charge in [0.25, 0.3) is 0 Å². The van der Waals surface area contributed by atoms with Gasteiger partial charge in [0.05, 0.1) is 0 Å². The Hall–Kier alpha value is -2.79. The van der Waals surface area contributed by atoms with Gasteiger partial charge in [-0.3, -0.25) is 0 Å². The molecule has 0 fully saturated rings. The van der Waals surface area contributed by atoms with Crippen LogP contribution in [-0.2, 0) is 6.54 Å². The number of phenols is 2. The Balaban J connectivity index is 2.33. The monoisotopic (exact) mass is 297 g/mol. The molecule has 0 aliphatic carbocycles. The van der Waals surface area contributed by atoms with Gasteiger partial charge in [-0.05, 0) is 30.3 Å². The molecular weight excluding hydrogens is 278 g/mol. The van der Waals surface area contributed by atoms with Crippen LogP contribution >= 0.6 is 0 Å². The highest BCUT2D eigenvalue weighted by Crippen LogP contribution is 2.28. The fourth-order valence-electron chi connectivity index (χ4n) is 2.19. The summed E-state index contributed by atoms with van der Waals surface area (Å²) in [7, 11) is 1.89. The highest BCUT2D eigenvalue weighted by Gasteiger charge is 2.14. The topological polar surface area (TPSA) is 90.9 Å². The van der Waals surface area contributed by atoms with Crippen LogP contribution in [0.25, 0.3) is 5.57 Å². The molecule has 0 spiro atoms. The van der Waals surface area contributed by atoms with E-state index in [-0.39, 0.29) is 11.5 Å². The summed E-state index contributed by atoms with van der Waals surface area (Å²) >= 11 is 0. The average Bonchev–Trinajstić information content (AvgIpc) is 2.51. The normalized spacial score (nSPS) is 11.4. The van der Waals surface area contributed by atoms with E-state index in [2.05, 4.69) is 17.0 Å². The first-order chi connectivity index (χ1) is 10.6. The van der Waals surface area contributed by atoms with Gasteiger partial charge in [-0.25, -0.2) is 0 Å². The van der Waals surface area contributed by atoms with E-state index in [9.17, 15) is 10.2 Å².